The molecule has 0 saturated heterocycles. The molecule has 73 heavy (non-hydrogen) atoms. The third-order valence-corrected chi connectivity index (χ3v) is 17.2. The van der Waals surface area contributed by atoms with E-state index in [1.807, 2.05) is 12.3 Å². The molecular formula is C53H64ClN7O8S4. The molecule has 1 aromatic heterocycles. The average Bonchev–Trinajstić information content (AvgIpc) is 3.85. The molecule has 20 heteroatoms. The smallest absolute Gasteiger partial charge is 0.419 e. The second kappa shape index (κ2) is 26.8. The number of carbonyl (C=O) groups excluding carboxylic acids is 2. The number of rotatable bonds is 27. The minimum atomic E-state index is -4.26. The Morgan fingerprint density at radius 3 is 2.11 bits per heavy atom. The van der Waals surface area contributed by atoms with Gasteiger partial charge in [0, 0.05) is 45.9 Å². The first-order valence-corrected chi connectivity index (χ1v) is 30.5. The maximum absolute atomic E-state index is 14.0. The number of nitrogens with zero attached hydrogens (tertiary/aromatic N) is 3. The summed E-state index contributed by atoms with van der Waals surface area (Å²) in [6.45, 7) is 2.86. The number of benzene rings is 5. The van der Waals surface area contributed by atoms with Crippen LogP contribution in [0.1, 0.15) is 125 Å². The first-order valence-electron chi connectivity index (χ1n) is 24.9. The van der Waals surface area contributed by atoms with E-state index < -0.39 is 32.0 Å². The number of nitrogens with one attached hydrogen (secondary N) is 4. The van der Waals surface area contributed by atoms with Gasteiger partial charge in [0.05, 0.1) is 26.7 Å². The van der Waals surface area contributed by atoms with Crippen LogP contribution >= 0.6 is 35.1 Å². The Kier molecular flexibility index (Phi) is 20.3. The van der Waals surface area contributed by atoms with E-state index in [1.54, 1.807) is 30.3 Å². The standard InChI is InChI=1S/C53H64ClN7O8S4/c1-3-4-5-6-7-8-9-10-11-12-13-14-15-16-31-55-72(65,66)42-23-18-22-41(35-42)60-73(67,68)43-24-17-21-40(34-43)56-50(63)46-29-28-44-45(49(46)62)27-25-37-20-19-32-61(48(37)44)53(64)69-47-30-26-39(54)33-38(47)36-71-52-57-51(70-2)58-59-52/h17-18,21-30,33-35,55,60,62H,3-16,19-20,31-32,36H2,1-2H3,(H,56,63)(H,57,58,59). The molecule has 2 heterocycles. The number of aryl methyl sites for hydroxylation is 1. The van der Waals surface area contributed by atoms with Crippen LogP contribution in [0.15, 0.2) is 111 Å². The molecule has 1 aliphatic heterocycles. The zero-order valence-corrected chi connectivity index (χ0v) is 45.3. The van der Waals surface area contributed by atoms with Crippen LogP contribution in [0.5, 0.6) is 11.5 Å². The molecule has 5 N–H and O–H groups in total. The highest BCUT2D eigenvalue weighted by molar-refractivity contribution is 7.99. The van der Waals surface area contributed by atoms with Crippen molar-refractivity contribution in [3.63, 3.8) is 0 Å². The molecule has 0 fully saturated rings. The van der Waals surface area contributed by atoms with Gasteiger partial charge in [-0.05, 0) is 91.7 Å². The molecule has 15 nitrogen and oxygen atoms in total. The van der Waals surface area contributed by atoms with E-state index in [4.69, 9.17) is 16.3 Å². The minimum absolute atomic E-state index is 0.0432. The average molecular weight is 1090 g/mol. The van der Waals surface area contributed by atoms with Gasteiger partial charge < -0.3 is 15.2 Å². The lowest BCUT2D eigenvalue weighted by atomic mass is 9.94. The maximum Gasteiger partial charge on any atom is 0.419 e. The fourth-order valence-electron chi connectivity index (χ4n) is 8.78. The molecule has 0 bridgehead atoms. The lowest BCUT2D eigenvalue weighted by Gasteiger charge is -2.30. The number of anilines is 3. The number of ether oxygens (including phenoxy) is 1. The van der Waals surface area contributed by atoms with Crippen LogP contribution in [0.3, 0.4) is 0 Å². The number of aromatic amines is 1. The van der Waals surface area contributed by atoms with Crippen molar-refractivity contribution in [2.45, 2.75) is 136 Å². The van der Waals surface area contributed by atoms with Crippen molar-refractivity contribution < 1.29 is 36.3 Å². The van der Waals surface area contributed by atoms with E-state index >= 15 is 0 Å². The fourth-order valence-corrected chi connectivity index (χ4v) is 12.3. The summed E-state index contributed by atoms with van der Waals surface area (Å²) in [5.41, 5.74) is 2.17. The van der Waals surface area contributed by atoms with Gasteiger partial charge in [0.2, 0.25) is 15.2 Å². The van der Waals surface area contributed by atoms with E-state index in [1.165, 1.54) is 147 Å². The lowest BCUT2D eigenvalue weighted by Crippen LogP contribution is -2.38. The highest BCUT2D eigenvalue weighted by atomic mass is 35.5. The molecule has 1 aliphatic rings. The van der Waals surface area contributed by atoms with Crippen LogP contribution < -0.4 is 24.4 Å². The number of aromatic nitrogens is 3. The summed E-state index contributed by atoms with van der Waals surface area (Å²) in [4.78, 5) is 33.4. The van der Waals surface area contributed by atoms with Gasteiger partial charge in [-0.2, -0.15) is 4.98 Å². The van der Waals surface area contributed by atoms with E-state index in [9.17, 15) is 31.5 Å². The Labute approximate surface area is 442 Å². The summed E-state index contributed by atoms with van der Waals surface area (Å²) >= 11 is 9.15. The molecular weight excluding hydrogens is 1030 g/mol. The topological polar surface area (TPSA) is 213 Å². The van der Waals surface area contributed by atoms with E-state index in [0.29, 0.717) is 74.7 Å². The number of hydrogen-bond acceptors (Lipinski definition) is 12. The van der Waals surface area contributed by atoms with Crippen LogP contribution in [0.4, 0.5) is 21.9 Å². The fraction of sp³-hybridized carbons (Fsp3) is 0.396. The van der Waals surface area contributed by atoms with Gasteiger partial charge in [0.1, 0.15) is 11.5 Å². The summed E-state index contributed by atoms with van der Waals surface area (Å²) in [7, 11) is -8.17. The summed E-state index contributed by atoms with van der Waals surface area (Å²) in [5, 5.41) is 23.9. The molecule has 0 atom stereocenters. The number of amides is 2. The Hall–Kier alpha value is -5.31. The third-order valence-electron chi connectivity index (χ3n) is 12.6. The van der Waals surface area contributed by atoms with E-state index in [2.05, 4.69) is 36.9 Å². The van der Waals surface area contributed by atoms with Gasteiger partial charge in [-0.3, -0.25) is 19.5 Å². The SMILES string of the molecule is CCCCCCCCCCCCCCCCNS(=O)(=O)c1cccc(NS(=O)(=O)c2cccc(NC(=O)c3ccc4c5c(ccc4c3O)CCCN5C(=O)Oc3ccc(Cl)cc3CSc3nc(SC)n[nH]3)c2)c1. The number of aromatic hydroxyl groups is 1. The summed E-state index contributed by atoms with van der Waals surface area (Å²) in [6, 6.07) is 22.8. The second-order valence-electron chi connectivity index (χ2n) is 18.0. The molecule has 5 aromatic carbocycles. The van der Waals surface area contributed by atoms with Gasteiger partial charge in [0.25, 0.3) is 15.9 Å². The summed E-state index contributed by atoms with van der Waals surface area (Å²) < 4.78 is 64.8. The van der Waals surface area contributed by atoms with Gasteiger partial charge in [-0.15, -0.1) is 5.10 Å². The molecule has 390 valence electrons. The number of fused-ring (bicyclic) bond motifs is 3. The third kappa shape index (κ3) is 15.4. The molecule has 2 amide bonds. The minimum Gasteiger partial charge on any atom is -0.506 e. The number of unbranched alkanes of at least 4 members (excludes halogenated alkanes) is 13. The van der Waals surface area contributed by atoms with Crippen molar-refractivity contribution in [3.05, 3.63) is 113 Å². The van der Waals surface area contributed by atoms with Gasteiger partial charge >= 0.3 is 6.09 Å². The van der Waals surface area contributed by atoms with Crippen LogP contribution in [-0.4, -0.2) is 68.5 Å². The van der Waals surface area contributed by atoms with Gasteiger partial charge in [-0.25, -0.2) is 26.4 Å². The Balaban J connectivity index is 0.938. The van der Waals surface area contributed by atoms with E-state index in [-0.39, 0.29) is 39.0 Å². The highest BCUT2D eigenvalue weighted by Gasteiger charge is 2.29. The van der Waals surface area contributed by atoms with Crippen LogP contribution in [0, 0.1) is 0 Å². The van der Waals surface area contributed by atoms with Crippen molar-refractivity contribution in [1.82, 2.24) is 19.9 Å². The Morgan fingerprint density at radius 1 is 0.781 bits per heavy atom. The maximum atomic E-state index is 14.0. The van der Waals surface area contributed by atoms with Crippen LogP contribution in [0.2, 0.25) is 5.02 Å². The zero-order valence-electron chi connectivity index (χ0n) is 41.3. The van der Waals surface area contributed by atoms with Crippen molar-refractivity contribution in [1.29, 1.82) is 0 Å². The first kappa shape index (κ1) is 55.4. The molecule has 0 aliphatic carbocycles. The van der Waals surface area contributed by atoms with Gasteiger partial charge in [0.15, 0.2) is 5.16 Å². The lowest BCUT2D eigenvalue weighted by molar-refractivity contribution is 0.102. The summed E-state index contributed by atoms with van der Waals surface area (Å²) in [6.07, 6.45) is 19.4. The van der Waals surface area contributed by atoms with Gasteiger partial charge in [-0.1, -0.05) is 156 Å². The number of carbonyl (C=O) groups is 2. The zero-order chi connectivity index (χ0) is 51.8. The van der Waals surface area contributed by atoms with Crippen LogP contribution in [-0.2, 0) is 32.2 Å². The predicted molar refractivity (Wildman–Crippen MR) is 294 cm³/mol. The highest BCUT2D eigenvalue weighted by Crippen LogP contribution is 2.41. The molecule has 0 saturated carbocycles. The first-order chi connectivity index (χ1) is 35.3. The molecule has 7 rings (SSSR count). The van der Waals surface area contributed by atoms with Crippen molar-refractivity contribution >= 4 is 95.0 Å². The number of phenols is 1. The van der Waals surface area contributed by atoms with Crippen molar-refractivity contribution in [2.24, 2.45) is 0 Å². The predicted octanol–water partition coefficient (Wildman–Crippen LogP) is 13.1. The number of H-pyrrole nitrogens is 1. The number of thioether (sulfide) groups is 2. The molecule has 0 spiro atoms. The molecule has 6 aromatic rings. The number of hydrogen-bond donors (Lipinski definition) is 5. The number of sulfonamides is 2. The van der Waals surface area contributed by atoms with Crippen LogP contribution in [0.25, 0.3) is 10.8 Å². The van der Waals surface area contributed by atoms with Crippen molar-refractivity contribution in [2.75, 3.05) is 34.3 Å². The quantitative estimate of drug-likeness (QED) is 0.0241. The molecule has 0 radical (unpaired) electrons. The Bertz CT molecular complexity index is 3080. The van der Waals surface area contributed by atoms with Crippen molar-refractivity contribution in [3.8, 4) is 11.5 Å². The second-order valence-corrected chi connectivity index (χ2v) is 23.7. The normalized spacial score (nSPS) is 12.7. The summed E-state index contributed by atoms with van der Waals surface area (Å²) in [5.74, 6) is -0.327. The largest absolute Gasteiger partial charge is 0.506 e. The Morgan fingerprint density at radius 2 is 1.42 bits per heavy atom. The monoisotopic (exact) mass is 1090 g/mol. The number of halogens is 1. The van der Waals surface area contributed by atoms with E-state index in [0.717, 1.165) is 24.8 Å². The molecule has 0 unspecified atom stereocenters. The number of phenolic OH excluding ortho intramolecular Hbond substituents is 1.